The SMILES string of the molecule is O=C(COC(=O)CNC(=O)c1cccc(F)c1)Nc1ccc(-c2ccccc2)cc1. The van der Waals surface area contributed by atoms with Gasteiger partial charge in [0.2, 0.25) is 0 Å². The quantitative estimate of drug-likeness (QED) is 0.589. The Bertz CT molecular complexity index is 1040. The minimum absolute atomic E-state index is 0.0829. The van der Waals surface area contributed by atoms with E-state index in [1.165, 1.54) is 18.2 Å². The number of rotatable bonds is 7. The molecule has 152 valence electrons. The number of hydrogen-bond acceptors (Lipinski definition) is 4. The van der Waals surface area contributed by atoms with E-state index in [1.807, 2.05) is 42.5 Å². The van der Waals surface area contributed by atoms with Crippen LogP contribution in [-0.4, -0.2) is 30.9 Å². The first-order valence-corrected chi connectivity index (χ1v) is 9.16. The van der Waals surface area contributed by atoms with Crippen LogP contribution < -0.4 is 10.6 Å². The molecule has 0 atom stereocenters. The van der Waals surface area contributed by atoms with Gasteiger partial charge in [-0.25, -0.2) is 4.39 Å². The zero-order valence-electron chi connectivity index (χ0n) is 15.9. The molecular formula is C23H19FN2O4. The largest absolute Gasteiger partial charge is 0.454 e. The number of anilines is 1. The summed E-state index contributed by atoms with van der Waals surface area (Å²) in [6.45, 7) is -0.927. The molecule has 3 aromatic rings. The van der Waals surface area contributed by atoms with Gasteiger partial charge in [0, 0.05) is 11.3 Å². The highest BCUT2D eigenvalue weighted by molar-refractivity contribution is 5.96. The van der Waals surface area contributed by atoms with Gasteiger partial charge in [0.15, 0.2) is 6.61 Å². The number of amides is 2. The topological polar surface area (TPSA) is 84.5 Å². The highest BCUT2D eigenvalue weighted by Crippen LogP contribution is 2.20. The predicted octanol–water partition coefficient (Wildman–Crippen LogP) is 3.40. The maximum atomic E-state index is 13.1. The van der Waals surface area contributed by atoms with Gasteiger partial charge in [0.25, 0.3) is 11.8 Å². The smallest absolute Gasteiger partial charge is 0.325 e. The molecule has 0 aliphatic rings. The van der Waals surface area contributed by atoms with E-state index in [4.69, 9.17) is 4.74 Å². The summed E-state index contributed by atoms with van der Waals surface area (Å²) in [7, 11) is 0. The molecule has 3 rings (SSSR count). The Hall–Kier alpha value is -4.00. The highest BCUT2D eigenvalue weighted by atomic mass is 19.1. The summed E-state index contributed by atoms with van der Waals surface area (Å²) in [5.74, 6) is -2.46. The molecule has 0 radical (unpaired) electrons. The number of halogens is 1. The first-order chi connectivity index (χ1) is 14.5. The molecule has 2 N–H and O–H groups in total. The van der Waals surface area contributed by atoms with Gasteiger partial charge in [-0.1, -0.05) is 48.5 Å². The summed E-state index contributed by atoms with van der Waals surface area (Å²) >= 11 is 0. The second kappa shape index (κ2) is 9.97. The third-order valence-corrected chi connectivity index (χ3v) is 4.12. The zero-order chi connectivity index (χ0) is 21.3. The van der Waals surface area contributed by atoms with Crippen molar-refractivity contribution in [3.8, 4) is 11.1 Å². The summed E-state index contributed by atoms with van der Waals surface area (Å²) in [6.07, 6.45) is 0. The Kier molecular flexibility index (Phi) is 6.89. The first kappa shape index (κ1) is 20.7. The number of carbonyl (C=O) groups excluding carboxylic acids is 3. The van der Waals surface area contributed by atoms with Gasteiger partial charge in [0.1, 0.15) is 12.4 Å². The second-order valence-electron chi connectivity index (χ2n) is 6.35. The van der Waals surface area contributed by atoms with Crippen LogP contribution in [0, 0.1) is 5.82 Å². The van der Waals surface area contributed by atoms with Crippen molar-refractivity contribution in [2.24, 2.45) is 0 Å². The molecule has 0 aliphatic heterocycles. The minimum Gasteiger partial charge on any atom is -0.454 e. The third kappa shape index (κ3) is 6.00. The molecule has 6 nitrogen and oxygen atoms in total. The van der Waals surface area contributed by atoms with Crippen molar-refractivity contribution in [3.63, 3.8) is 0 Å². The average molecular weight is 406 g/mol. The van der Waals surface area contributed by atoms with E-state index >= 15 is 0 Å². The summed E-state index contributed by atoms with van der Waals surface area (Å²) in [5, 5.41) is 4.94. The maximum Gasteiger partial charge on any atom is 0.325 e. The van der Waals surface area contributed by atoms with E-state index in [9.17, 15) is 18.8 Å². The summed E-state index contributed by atoms with van der Waals surface area (Å²) in [4.78, 5) is 35.5. The van der Waals surface area contributed by atoms with Crippen LogP contribution in [0.3, 0.4) is 0 Å². The van der Waals surface area contributed by atoms with Crippen LogP contribution >= 0.6 is 0 Å². The molecule has 7 heteroatoms. The fourth-order valence-corrected chi connectivity index (χ4v) is 2.65. The molecule has 0 saturated carbocycles. The summed E-state index contributed by atoms with van der Waals surface area (Å²) < 4.78 is 17.9. The van der Waals surface area contributed by atoms with Crippen LogP contribution in [0.15, 0.2) is 78.9 Å². The fourth-order valence-electron chi connectivity index (χ4n) is 2.65. The lowest BCUT2D eigenvalue weighted by atomic mass is 10.1. The Morgan fingerprint density at radius 3 is 2.23 bits per heavy atom. The second-order valence-corrected chi connectivity index (χ2v) is 6.35. The summed E-state index contributed by atoms with van der Waals surface area (Å²) in [5.41, 5.74) is 2.72. The molecule has 0 aliphatic carbocycles. The van der Waals surface area contributed by atoms with Crippen LogP contribution in [0.2, 0.25) is 0 Å². The lowest BCUT2D eigenvalue weighted by Crippen LogP contribution is -2.32. The van der Waals surface area contributed by atoms with Crippen molar-refractivity contribution in [2.45, 2.75) is 0 Å². The number of esters is 1. The average Bonchev–Trinajstić information content (AvgIpc) is 2.77. The number of ether oxygens (including phenoxy) is 1. The van der Waals surface area contributed by atoms with Crippen molar-refractivity contribution in [3.05, 3.63) is 90.2 Å². The van der Waals surface area contributed by atoms with Crippen LogP contribution in [0.5, 0.6) is 0 Å². The van der Waals surface area contributed by atoms with Crippen LogP contribution in [-0.2, 0) is 14.3 Å². The molecule has 0 saturated heterocycles. The molecule has 0 aromatic heterocycles. The molecule has 0 spiro atoms. The predicted molar refractivity (Wildman–Crippen MR) is 110 cm³/mol. The van der Waals surface area contributed by atoms with Gasteiger partial charge in [0.05, 0.1) is 0 Å². The molecule has 0 fully saturated rings. The van der Waals surface area contributed by atoms with Crippen molar-refractivity contribution >= 4 is 23.5 Å². The van der Waals surface area contributed by atoms with Crippen LogP contribution in [0.25, 0.3) is 11.1 Å². The van der Waals surface area contributed by atoms with Gasteiger partial charge in [-0.3, -0.25) is 14.4 Å². The van der Waals surface area contributed by atoms with Crippen LogP contribution in [0.4, 0.5) is 10.1 Å². The standard InChI is InChI=1S/C23H19FN2O4/c24-19-8-4-7-18(13-19)23(29)25-14-22(28)30-15-21(27)26-20-11-9-17(10-12-20)16-5-2-1-3-6-16/h1-13H,14-15H2,(H,25,29)(H,26,27). The minimum atomic E-state index is -0.783. The van der Waals surface area contributed by atoms with Crippen molar-refractivity contribution in [1.82, 2.24) is 5.32 Å². The highest BCUT2D eigenvalue weighted by Gasteiger charge is 2.11. The monoisotopic (exact) mass is 406 g/mol. The molecule has 2 amide bonds. The molecular weight excluding hydrogens is 387 g/mol. The van der Waals surface area contributed by atoms with Gasteiger partial charge < -0.3 is 15.4 Å². The normalized spacial score (nSPS) is 10.2. The number of carbonyl (C=O) groups is 3. The molecule has 3 aromatic carbocycles. The van der Waals surface area contributed by atoms with Crippen molar-refractivity contribution in [2.75, 3.05) is 18.5 Å². The van der Waals surface area contributed by atoms with Gasteiger partial charge >= 0.3 is 5.97 Å². The third-order valence-electron chi connectivity index (χ3n) is 4.12. The fraction of sp³-hybridized carbons (Fsp3) is 0.0870. The number of nitrogens with one attached hydrogen (secondary N) is 2. The van der Waals surface area contributed by atoms with E-state index in [0.717, 1.165) is 17.2 Å². The van der Waals surface area contributed by atoms with Crippen LogP contribution in [0.1, 0.15) is 10.4 Å². The maximum absolute atomic E-state index is 13.1. The Morgan fingerprint density at radius 1 is 0.833 bits per heavy atom. The van der Waals surface area contributed by atoms with E-state index in [2.05, 4.69) is 10.6 Å². The first-order valence-electron chi connectivity index (χ1n) is 9.16. The Labute approximate surface area is 172 Å². The van der Waals surface area contributed by atoms with E-state index in [0.29, 0.717) is 5.69 Å². The zero-order valence-corrected chi connectivity index (χ0v) is 15.9. The molecule has 30 heavy (non-hydrogen) atoms. The number of hydrogen-bond donors (Lipinski definition) is 2. The van der Waals surface area contributed by atoms with Crippen molar-refractivity contribution in [1.29, 1.82) is 0 Å². The van der Waals surface area contributed by atoms with Crippen molar-refractivity contribution < 1.29 is 23.5 Å². The lowest BCUT2D eigenvalue weighted by molar-refractivity contribution is -0.146. The molecule has 0 unspecified atom stereocenters. The van der Waals surface area contributed by atoms with Gasteiger partial charge in [-0.15, -0.1) is 0 Å². The number of benzene rings is 3. The van der Waals surface area contributed by atoms with E-state index in [-0.39, 0.29) is 5.56 Å². The lowest BCUT2D eigenvalue weighted by Gasteiger charge is -2.08. The summed E-state index contributed by atoms with van der Waals surface area (Å²) in [6, 6.07) is 22.1. The van der Waals surface area contributed by atoms with E-state index in [1.54, 1.807) is 12.1 Å². The van der Waals surface area contributed by atoms with E-state index < -0.39 is 36.8 Å². The van der Waals surface area contributed by atoms with Gasteiger partial charge in [-0.05, 0) is 41.5 Å². The Morgan fingerprint density at radius 2 is 1.53 bits per heavy atom. The molecule has 0 heterocycles. The van der Waals surface area contributed by atoms with Gasteiger partial charge in [-0.2, -0.15) is 0 Å². The molecule has 0 bridgehead atoms. The Balaban J connectivity index is 1.42.